The highest BCUT2D eigenvalue weighted by Crippen LogP contribution is 2.25. The van der Waals surface area contributed by atoms with E-state index in [0.717, 1.165) is 12.3 Å². The minimum atomic E-state index is 0.556. The third-order valence-corrected chi connectivity index (χ3v) is 4.49. The van der Waals surface area contributed by atoms with Gasteiger partial charge < -0.3 is 5.32 Å². The van der Waals surface area contributed by atoms with Crippen LogP contribution < -0.4 is 5.32 Å². The van der Waals surface area contributed by atoms with Gasteiger partial charge in [-0.1, -0.05) is 36.8 Å². The fourth-order valence-electron chi connectivity index (χ4n) is 2.42. The molecule has 0 aliphatic heterocycles. The second-order valence-corrected chi connectivity index (χ2v) is 5.85. The van der Waals surface area contributed by atoms with Gasteiger partial charge in [-0.25, -0.2) is 0 Å². The molecule has 1 aliphatic rings. The van der Waals surface area contributed by atoms with Gasteiger partial charge in [-0.2, -0.15) is 0 Å². The van der Waals surface area contributed by atoms with Crippen LogP contribution in [0.4, 0.5) is 0 Å². The highest BCUT2D eigenvalue weighted by atomic mass is 32.2. The van der Waals surface area contributed by atoms with Gasteiger partial charge in [0.25, 0.3) is 0 Å². The zero-order chi connectivity index (χ0) is 12.6. The van der Waals surface area contributed by atoms with Crippen molar-refractivity contribution in [1.29, 1.82) is 0 Å². The summed E-state index contributed by atoms with van der Waals surface area (Å²) >= 11 is 1.96. The first kappa shape index (κ1) is 13.7. The van der Waals surface area contributed by atoms with E-state index in [1.165, 1.54) is 30.6 Å². The van der Waals surface area contributed by atoms with Crippen molar-refractivity contribution in [2.75, 3.05) is 12.3 Å². The van der Waals surface area contributed by atoms with Gasteiger partial charge in [0.1, 0.15) is 0 Å². The molecule has 1 N–H and O–H groups in total. The Morgan fingerprint density at radius 3 is 2.72 bits per heavy atom. The van der Waals surface area contributed by atoms with Crippen LogP contribution in [0.3, 0.4) is 0 Å². The van der Waals surface area contributed by atoms with Gasteiger partial charge in [0, 0.05) is 16.7 Å². The number of likely N-dealkylation sites (N-methyl/N-ethyl adjacent to an activating group) is 1. The van der Waals surface area contributed by atoms with E-state index in [0.29, 0.717) is 6.04 Å². The lowest BCUT2D eigenvalue weighted by Gasteiger charge is -2.23. The fourth-order valence-corrected chi connectivity index (χ4v) is 3.46. The molecule has 0 saturated carbocycles. The smallest absolute Gasteiger partial charge is 0.0374 e. The maximum absolute atomic E-state index is 3.63. The standard InChI is InChI=1S/C16H23NS/c1-2-17-16(14-9-5-3-6-10-14)13-18-15-11-7-4-8-12-15/h4,7-9,11-12,16-17H,2-3,5-6,10,13H2,1H3. The van der Waals surface area contributed by atoms with E-state index in [1.807, 2.05) is 11.8 Å². The zero-order valence-electron chi connectivity index (χ0n) is 11.2. The molecular formula is C16H23NS. The molecule has 0 radical (unpaired) electrons. The molecule has 1 aromatic rings. The highest BCUT2D eigenvalue weighted by molar-refractivity contribution is 7.99. The summed E-state index contributed by atoms with van der Waals surface area (Å²) in [5, 5.41) is 3.63. The molecule has 0 spiro atoms. The molecule has 98 valence electrons. The largest absolute Gasteiger partial charge is 0.310 e. The molecule has 0 amide bonds. The molecule has 1 nitrogen and oxygen atoms in total. The summed E-state index contributed by atoms with van der Waals surface area (Å²) < 4.78 is 0. The molecule has 1 unspecified atom stereocenters. The topological polar surface area (TPSA) is 12.0 Å². The minimum Gasteiger partial charge on any atom is -0.310 e. The highest BCUT2D eigenvalue weighted by Gasteiger charge is 2.15. The zero-order valence-corrected chi connectivity index (χ0v) is 12.0. The van der Waals surface area contributed by atoms with Crippen molar-refractivity contribution in [2.24, 2.45) is 0 Å². The number of hydrogen-bond donors (Lipinski definition) is 1. The molecule has 0 heterocycles. The van der Waals surface area contributed by atoms with E-state index in [4.69, 9.17) is 0 Å². The second kappa shape index (κ2) is 7.65. The molecular weight excluding hydrogens is 238 g/mol. The number of hydrogen-bond acceptors (Lipinski definition) is 2. The summed E-state index contributed by atoms with van der Waals surface area (Å²) in [6, 6.07) is 11.3. The summed E-state index contributed by atoms with van der Waals surface area (Å²) in [6.45, 7) is 3.25. The van der Waals surface area contributed by atoms with Gasteiger partial charge in [-0.3, -0.25) is 0 Å². The van der Waals surface area contributed by atoms with E-state index in [1.54, 1.807) is 5.57 Å². The van der Waals surface area contributed by atoms with E-state index in [2.05, 4.69) is 48.6 Å². The molecule has 1 aromatic carbocycles. The SMILES string of the molecule is CCNC(CSc1ccccc1)C1=CCCCC1. The van der Waals surface area contributed by atoms with Crippen molar-refractivity contribution in [1.82, 2.24) is 5.32 Å². The lowest BCUT2D eigenvalue weighted by molar-refractivity contribution is 0.580. The molecule has 1 aliphatic carbocycles. The van der Waals surface area contributed by atoms with E-state index in [9.17, 15) is 0 Å². The lowest BCUT2D eigenvalue weighted by atomic mass is 9.95. The summed E-state index contributed by atoms with van der Waals surface area (Å²) in [4.78, 5) is 1.37. The average Bonchev–Trinajstić information content (AvgIpc) is 2.45. The Labute approximate surface area is 115 Å². The molecule has 18 heavy (non-hydrogen) atoms. The van der Waals surface area contributed by atoms with Gasteiger partial charge in [0.05, 0.1) is 0 Å². The predicted octanol–water partition coefficient (Wildman–Crippen LogP) is 4.26. The van der Waals surface area contributed by atoms with E-state index >= 15 is 0 Å². The van der Waals surface area contributed by atoms with Crippen molar-refractivity contribution < 1.29 is 0 Å². The Balaban J connectivity index is 1.91. The number of rotatable bonds is 6. The molecule has 2 heteroatoms. The normalized spacial score (nSPS) is 17.3. The Morgan fingerprint density at radius 1 is 1.22 bits per heavy atom. The van der Waals surface area contributed by atoms with Crippen LogP contribution in [0.15, 0.2) is 46.9 Å². The fraction of sp³-hybridized carbons (Fsp3) is 0.500. The van der Waals surface area contributed by atoms with Crippen LogP contribution in [-0.4, -0.2) is 18.3 Å². The Morgan fingerprint density at radius 2 is 2.06 bits per heavy atom. The summed E-state index contributed by atoms with van der Waals surface area (Å²) in [5.74, 6) is 1.14. The van der Waals surface area contributed by atoms with Crippen LogP contribution >= 0.6 is 11.8 Å². The Hall–Kier alpha value is -0.730. The van der Waals surface area contributed by atoms with Gasteiger partial charge in [0.15, 0.2) is 0 Å². The van der Waals surface area contributed by atoms with Crippen molar-refractivity contribution in [3.8, 4) is 0 Å². The Kier molecular flexibility index (Phi) is 5.82. The van der Waals surface area contributed by atoms with Crippen molar-refractivity contribution in [3.05, 3.63) is 42.0 Å². The summed E-state index contributed by atoms with van der Waals surface area (Å²) in [7, 11) is 0. The van der Waals surface area contributed by atoms with Gasteiger partial charge in [0.2, 0.25) is 0 Å². The number of benzene rings is 1. The van der Waals surface area contributed by atoms with Crippen LogP contribution in [0.5, 0.6) is 0 Å². The number of nitrogens with one attached hydrogen (secondary N) is 1. The summed E-state index contributed by atoms with van der Waals surface area (Å²) in [6.07, 6.45) is 7.75. The van der Waals surface area contributed by atoms with Gasteiger partial charge >= 0.3 is 0 Å². The van der Waals surface area contributed by atoms with Crippen LogP contribution in [0, 0.1) is 0 Å². The third kappa shape index (κ3) is 4.18. The van der Waals surface area contributed by atoms with Crippen molar-refractivity contribution in [2.45, 2.75) is 43.5 Å². The molecule has 2 rings (SSSR count). The monoisotopic (exact) mass is 261 g/mol. The number of allylic oxidation sites excluding steroid dienone is 1. The van der Waals surface area contributed by atoms with Crippen molar-refractivity contribution in [3.63, 3.8) is 0 Å². The van der Waals surface area contributed by atoms with E-state index in [-0.39, 0.29) is 0 Å². The first-order valence-corrected chi connectivity index (χ1v) is 7.99. The maximum Gasteiger partial charge on any atom is 0.0374 e. The first-order chi connectivity index (χ1) is 8.90. The predicted molar refractivity (Wildman–Crippen MR) is 81.2 cm³/mol. The average molecular weight is 261 g/mol. The van der Waals surface area contributed by atoms with Crippen molar-refractivity contribution >= 4 is 11.8 Å². The van der Waals surface area contributed by atoms with Gasteiger partial charge in [-0.15, -0.1) is 11.8 Å². The molecule has 0 saturated heterocycles. The van der Waals surface area contributed by atoms with E-state index < -0.39 is 0 Å². The quantitative estimate of drug-likeness (QED) is 0.606. The van der Waals surface area contributed by atoms with Crippen LogP contribution in [0.1, 0.15) is 32.6 Å². The van der Waals surface area contributed by atoms with Crippen LogP contribution in [0.2, 0.25) is 0 Å². The maximum atomic E-state index is 3.63. The number of thioether (sulfide) groups is 1. The molecule has 1 atom stereocenters. The molecule has 0 aromatic heterocycles. The minimum absolute atomic E-state index is 0.556. The van der Waals surface area contributed by atoms with Gasteiger partial charge in [-0.05, 0) is 44.4 Å². The lowest BCUT2D eigenvalue weighted by Crippen LogP contribution is -2.33. The Bertz CT molecular complexity index is 372. The molecule has 0 fully saturated rings. The van der Waals surface area contributed by atoms with Crippen LogP contribution in [-0.2, 0) is 0 Å². The van der Waals surface area contributed by atoms with Crippen LogP contribution in [0.25, 0.3) is 0 Å². The molecule has 0 bridgehead atoms. The third-order valence-electron chi connectivity index (χ3n) is 3.38. The second-order valence-electron chi connectivity index (χ2n) is 4.76. The summed E-state index contributed by atoms with van der Waals surface area (Å²) in [5.41, 5.74) is 1.63. The first-order valence-electron chi connectivity index (χ1n) is 7.00.